The first-order valence-electron chi connectivity index (χ1n) is 7.05. The number of benzene rings is 1. The summed E-state index contributed by atoms with van der Waals surface area (Å²) in [5.41, 5.74) is 0.408. The quantitative estimate of drug-likeness (QED) is 0.877. The average molecular weight is 350 g/mol. The number of hydrogen-bond donors (Lipinski definition) is 2. The van der Waals surface area contributed by atoms with Crippen molar-refractivity contribution in [2.75, 3.05) is 26.2 Å². The molecular weight excluding hydrogens is 328 g/mol. The van der Waals surface area contributed by atoms with Crippen molar-refractivity contribution in [2.45, 2.75) is 25.8 Å². The molecule has 1 atom stereocenters. The minimum atomic E-state index is -0.663. The number of piperazine rings is 1. The predicted molar refractivity (Wildman–Crippen MR) is 89.4 cm³/mol. The van der Waals surface area contributed by atoms with E-state index >= 15 is 0 Å². The van der Waals surface area contributed by atoms with E-state index in [1.165, 1.54) is 6.07 Å². The highest BCUT2D eigenvalue weighted by Crippen LogP contribution is 2.35. The first kappa shape index (κ1) is 20.9. The van der Waals surface area contributed by atoms with Crippen LogP contribution in [0.1, 0.15) is 36.9 Å². The smallest absolute Gasteiger partial charge is 0.144 e. The van der Waals surface area contributed by atoms with Crippen LogP contribution in [0.15, 0.2) is 12.1 Å². The first-order chi connectivity index (χ1) is 9.69. The molecule has 2 N–H and O–H groups in total. The fourth-order valence-corrected chi connectivity index (χ4v) is 2.76. The molecule has 0 spiro atoms. The van der Waals surface area contributed by atoms with Gasteiger partial charge in [0.15, 0.2) is 0 Å². The van der Waals surface area contributed by atoms with Gasteiger partial charge < -0.3 is 10.4 Å². The highest BCUT2D eigenvalue weighted by atomic mass is 35.5. The third-order valence-corrected chi connectivity index (χ3v) is 3.78. The van der Waals surface area contributed by atoms with Crippen LogP contribution in [0.4, 0.5) is 4.39 Å². The Bertz CT molecular complexity index is 516. The van der Waals surface area contributed by atoms with E-state index in [2.05, 4.69) is 17.1 Å². The lowest BCUT2D eigenvalue weighted by Gasteiger charge is -2.35. The molecule has 0 saturated carbocycles. The zero-order valence-corrected chi connectivity index (χ0v) is 14.1. The maximum atomic E-state index is 13.5. The standard InChI is InChI=1S/C15H20FN3O.2ClH/c1-2-3-14(19-8-6-18-7-9-19)11-4-5-13(16)12(10-17)15(11)20;;/h4-5,14,18,20H,2-3,6-9H2,1H3;2*1H/t14-;;/m0../s1. The average Bonchev–Trinajstić information content (AvgIpc) is 2.47. The molecular formula is C15H22Cl2FN3O. The minimum Gasteiger partial charge on any atom is -0.506 e. The maximum absolute atomic E-state index is 13.5. The van der Waals surface area contributed by atoms with Crippen molar-refractivity contribution in [3.63, 3.8) is 0 Å². The molecule has 4 nitrogen and oxygen atoms in total. The Labute approximate surface area is 143 Å². The van der Waals surface area contributed by atoms with Gasteiger partial charge in [-0.05, 0) is 12.5 Å². The molecule has 0 aliphatic carbocycles. The molecule has 0 unspecified atom stereocenters. The second kappa shape index (κ2) is 9.86. The fraction of sp³-hybridized carbons (Fsp3) is 0.533. The number of nitrogens with one attached hydrogen (secondary N) is 1. The van der Waals surface area contributed by atoms with Crippen LogP contribution in [0.2, 0.25) is 0 Å². The number of nitrogens with zero attached hydrogens (tertiary/aromatic N) is 2. The van der Waals surface area contributed by atoms with Crippen molar-refractivity contribution in [2.24, 2.45) is 0 Å². The van der Waals surface area contributed by atoms with Gasteiger partial charge in [0.05, 0.1) is 0 Å². The van der Waals surface area contributed by atoms with E-state index < -0.39 is 5.82 Å². The lowest BCUT2D eigenvalue weighted by molar-refractivity contribution is 0.162. The lowest BCUT2D eigenvalue weighted by Crippen LogP contribution is -2.45. The molecule has 0 radical (unpaired) electrons. The predicted octanol–water partition coefficient (Wildman–Crippen LogP) is 2.99. The van der Waals surface area contributed by atoms with E-state index in [0.29, 0.717) is 5.56 Å². The van der Waals surface area contributed by atoms with E-state index in [9.17, 15) is 9.50 Å². The number of nitriles is 1. The molecule has 1 heterocycles. The Hall–Kier alpha value is -1.06. The summed E-state index contributed by atoms with van der Waals surface area (Å²) in [6.45, 7) is 5.69. The van der Waals surface area contributed by atoms with Crippen LogP contribution >= 0.6 is 24.8 Å². The summed E-state index contributed by atoms with van der Waals surface area (Å²) in [5.74, 6) is -0.867. The first-order valence-corrected chi connectivity index (χ1v) is 7.05. The number of phenols is 1. The van der Waals surface area contributed by atoms with Gasteiger partial charge in [0.25, 0.3) is 0 Å². The highest BCUT2D eigenvalue weighted by Gasteiger charge is 2.25. The summed E-state index contributed by atoms with van der Waals surface area (Å²) in [7, 11) is 0. The molecule has 7 heteroatoms. The molecule has 1 fully saturated rings. The lowest BCUT2D eigenvalue weighted by atomic mass is 9.96. The van der Waals surface area contributed by atoms with Crippen LogP contribution < -0.4 is 5.32 Å². The number of rotatable bonds is 4. The SMILES string of the molecule is CCC[C@@H](c1ccc(F)c(C#N)c1O)N1CCNCC1.Cl.Cl. The highest BCUT2D eigenvalue weighted by molar-refractivity contribution is 5.85. The zero-order valence-electron chi connectivity index (χ0n) is 12.5. The Morgan fingerprint density at radius 3 is 2.55 bits per heavy atom. The Balaban J connectivity index is 0.00000220. The van der Waals surface area contributed by atoms with Gasteiger partial charge in [0, 0.05) is 37.8 Å². The monoisotopic (exact) mass is 349 g/mol. The van der Waals surface area contributed by atoms with Crippen molar-refractivity contribution in [3.8, 4) is 11.8 Å². The van der Waals surface area contributed by atoms with Gasteiger partial charge in [-0.1, -0.05) is 19.4 Å². The number of halogens is 3. The van der Waals surface area contributed by atoms with Gasteiger partial charge >= 0.3 is 0 Å². The van der Waals surface area contributed by atoms with E-state index in [0.717, 1.165) is 39.0 Å². The number of hydrogen-bond acceptors (Lipinski definition) is 4. The van der Waals surface area contributed by atoms with E-state index in [1.54, 1.807) is 12.1 Å². The molecule has 1 aromatic carbocycles. The van der Waals surface area contributed by atoms with Crippen LogP contribution in [0, 0.1) is 17.1 Å². The van der Waals surface area contributed by atoms with Gasteiger partial charge in [0.1, 0.15) is 23.2 Å². The third-order valence-electron chi connectivity index (χ3n) is 3.78. The van der Waals surface area contributed by atoms with Crippen LogP contribution in [-0.4, -0.2) is 36.2 Å². The molecule has 0 amide bonds. The number of phenolic OH excluding ortho intramolecular Hbond substituents is 1. The molecule has 1 aliphatic heterocycles. The molecule has 124 valence electrons. The van der Waals surface area contributed by atoms with Crippen molar-refractivity contribution in [1.82, 2.24) is 10.2 Å². The van der Waals surface area contributed by atoms with E-state index in [4.69, 9.17) is 5.26 Å². The van der Waals surface area contributed by atoms with Crippen molar-refractivity contribution in [1.29, 1.82) is 5.26 Å². The second-order valence-corrected chi connectivity index (χ2v) is 5.06. The largest absolute Gasteiger partial charge is 0.506 e. The number of aromatic hydroxyl groups is 1. The van der Waals surface area contributed by atoms with Gasteiger partial charge in [-0.3, -0.25) is 4.90 Å². The van der Waals surface area contributed by atoms with Crippen LogP contribution in [0.3, 0.4) is 0 Å². The van der Waals surface area contributed by atoms with Crippen molar-refractivity contribution < 1.29 is 9.50 Å². The zero-order chi connectivity index (χ0) is 14.5. The van der Waals surface area contributed by atoms with Gasteiger partial charge in [-0.15, -0.1) is 24.8 Å². The van der Waals surface area contributed by atoms with Gasteiger partial charge in [-0.25, -0.2) is 4.39 Å². The molecule has 0 aromatic heterocycles. The molecule has 1 aromatic rings. The Morgan fingerprint density at radius 2 is 2.00 bits per heavy atom. The van der Waals surface area contributed by atoms with Crippen LogP contribution in [0.5, 0.6) is 5.75 Å². The second-order valence-electron chi connectivity index (χ2n) is 5.06. The minimum absolute atomic E-state index is 0. The Kier molecular flexibility index (Phi) is 9.38. The molecule has 22 heavy (non-hydrogen) atoms. The summed E-state index contributed by atoms with van der Waals surface area (Å²) < 4.78 is 13.5. The maximum Gasteiger partial charge on any atom is 0.144 e. The van der Waals surface area contributed by atoms with Gasteiger partial charge in [-0.2, -0.15) is 5.26 Å². The fourth-order valence-electron chi connectivity index (χ4n) is 2.76. The topological polar surface area (TPSA) is 59.3 Å². The van der Waals surface area contributed by atoms with Crippen LogP contribution in [0.25, 0.3) is 0 Å². The van der Waals surface area contributed by atoms with E-state index in [-0.39, 0.29) is 42.2 Å². The van der Waals surface area contributed by atoms with E-state index in [1.807, 2.05) is 0 Å². The normalized spacial score (nSPS) is 16.0. The molecule has 2 rings (SSSR count). The summed E-state index contributed by atoms with van der Waals surface area (Å²) in [6, 6.07) is 4.67. The molecule has 1 saturated heterocycles. The van der Waals surface area contributed by atoms with Crippen LogP contribution in [-0.2, 0) is 0 Å². The third kappa shape index (κ3) is 4.47. The molecule has 1 aliphatic rings. The summed E-state index contributed by atoms with van der Waals surface area (Å²) >= 11 is 0. The summed E-state index contributed by atoms with van der Waals surface area (Å²) in [4.78, 5) is 2.29. The van der Waals surface area contributed by atoms with Crippen molar-refractivity contribution >= 4 is 24.8 Å². The molecule has 0 bridgehead atoms. The summed E-state index contributed by atoms with van der Waals surface area (Å²) in [5, 5.41) is 22.5. The summed E-state index contributed by atoms with van der Waals surface area (Å²) in [6.07, 6.45) is 1.84. The Morgan fingerprint density at radius 1 is 1.36 bits per heavy atom. The van der Waals surface area contributed by atoms with Crippen molar-refractivity contribution in [3.05, 3.63) is 29.1 Å². The van der Waals surface area contributed by atoms with Gasteiger partial charge in [0.2, 0.25) is 0 Å².